The number of rotatable bonds is 4. The van der Waals surface area contributed by atoms with Gasteiger partial charge in [0, 0.05) is 0 Å². The lowest BCUT2D eigenvalue weighted by atomic mass is 10.4. The van der Waals surface area contributed by atoms with Gasteiger partial charge in [0.05, 0.1) is 7.11 Å². The molecule has 12 heavy (non-hydrogen) atoms. The summed E-state index contributed by atoms with van der Waals surface area (Å²) < 4.78 is 15.6. The van der Waals surface area contributed by atoms with Gasteiger partial charge >= 0.3 is 5.97 Å². The second kappa shape index (κ2) is 6.09. The van der Waals surface area contributed by atoms with Gasteiger partial charge in [-0.2, -0.15) is 5.26 Å². The van der Waals surface area contributed by atoms with E-state index in [1.165, 1.54) is 6.07 Å². The summed E-state index contributed by atoms with van der Waals surface area (Å²) in [5.74, 6) is -0.906. The molecule has 0 aromatic rings. The van der Waals surface area contributed by atoms with Gasteiger partial charge in [-0.25, -0.2) is 9.18 Å². The summed E-state index contributed by atoms with van der Waals surface area (Å²) in [7, 11) is 1.10. The molecule has 6 heteroatoms. The van der Waals surface area contributed by atoms with Gasteiger partial charge in [0.2, 0.25) is 0 Å². The topological polar surface area (TPSA) is 71.7 Å². The SMILES string of the molecule is COC(=O)/C(C#N)=N\OCCF. The van der Waals surface area contributed by atoms with Crippen molar-refractivity contribution in [3.8, 4) is 6.07 Å². The Morgan fingerprint density at radius 1 is 1.75 bits per heavy atom. The van der Waals surface area contributed by atoms with E-state index >= 15 is 0 Å². The van der Waals surface area contributed by atoms with E-state index in [9.17, 15) is 9.18 Å². The van der Waals surface area contributed by atoms with Crippen molar-refractivity contribution in [2.45, 2.75) is 0 Å². The molecule has 0 aliphatic rings. The van der Waals surface area contributed by atoms with E-state index in [-0.39, 0.29) is 6.61 Å². The number of nitriles is 1. The molecule has 0 aliphatic heterocycles. The second-order valence-electron chi connectivity index (χ2n) is 1.57. The van der Waals surface area contributed by atoms with Crippen LogP contribution in [-0.4, -0.2) is 32.1 Å². The zero-order valence-corrected chi connectivity index (χ0v) is 6.41. The van der Waals surface area contributed by atoms with Crippen molar-refractivity contribution in [1.29, 1.82) is 5.26 Å². The van der Waals surface area contributed by atoms with E-state index in [2.05, 4.69) is 14.7 Å². The number of carbonyl (C=O) groups excluding carboxylic acids is 1. The van der Waals surface area contributed by atoms with Crippen molar-refractivity contribution < 1.29 is 18.8 Å². The molecule has 5 nitrogen and oxygen atoms in total. The molecule has 0 saturated carbocycles. The Bertz CT molecular complexity index is 221. The number of halogens is 1. The average molecular weight is 174 g/mol. The molecule has 0 aromatic carbocycles. The van der Waals surface area contributed by atoms with Crippen LogP contribution in [-0.2, 0) is 14.4 Å². The number of carbonyl (C=O) groups is 1. The molecule has 0 fully saturated rings. The standard InChI is InChI=1S/C6H7FN2O3/c1-11-6(10)5(4-8)9-12-3-2-7/h2-3H2,1H3/b9-5-. The third kappa shape index (κ3) is 3.51. The second-order valence-corrected chi connectivity index (χ2v) is 1.57. The van der Waals surface area contributed by atoms with Gasteiger partial charge in [-0.15, -0.1) is 0 Å². The van der Waals surface area contributed by atoms with Crippen molar-refractivity contribution in [2.24, 2.45) is 5.16 Å². The minimum Gasteiger partial charge on any atom is -0.464 e. The number of oxime groups is 1. The number of hydrogen-bond donors (Lipinski definition) is 0. The first-order valence-corrected chi connectivity index (χ1v) is 3.00. The van der Waals surface area contributed by atoms with Crippen LogP contribution in [0.3, 0.4) is 0 Å². The highest BCUT2D eigenvalue weighted by Gasteiger charge is 2.10. The fraction of sp³-hybridized carbons (Fsp3) is 0.500. The molecule has 0 N–H and O–H groups in total. The van der Waals surface area contributed by atoms with E-state index < -0.39 is 18.4 Å². The molecule has 0 saturated heterocycles. The molecule has 0 unspecified atom stereocenters. The summed E-state index contributed by atoms with van der Waals surface area (Å²) in [5, 5.41) is 11.3. The number of nitrogens with zero attached hydrogens (tertiary/aromatic N) is 2. The first-order valence-electron chi connectivity index (χ1n) is 3.00. The quantitative estimate of drug-likeness (QED) is 0.261. The number of alkyl halides is 1. The molecule has 0 heterocycles. The molecular weight excluding hydrogens is 167 g/mol. The predicted octanol–water partition coefficient (Wildman–Crippen LogP) is 0.0251. The molecule has 0 radical (unpaired) electrons. The summed E-state index contributed by atoms with van der Waals surface area (Å²) in [6, 6.07) is 1.44. The van der Waals surface area contributed by atoms with Crippen molar-refractivity contribution in [2.75, 3.05) is 20.4 Å². The lowest BCUT2D eigenvalue weighted by Gasteiger charge is -1.95. The Morgan fingerprint density at radius 2 is 2.42 bits per heavy atom. The van der Waals surface area contributed by atoms with Crippen LogP contribution in [0, 0.1) is 11.3 Å². The highest BCUT2D eigenvalue weighted by atomic mass is 19.1. The Morgan fingerprint density at radius 3 is 2.83 bits per heavy atom. The third-order valence-corrected chi connectivity index (χ3v) is 0.809. The van der Waals surface area contributed by atoms with Crippen LogP contribution in [0.4, 0.5) is 4.39 Å². The van der Waals surface area contributed by atoms with Crippen molar-refractivity contribution >= 4 is 11.7 Å². The smallest absolute Gasteiger partial charge is 0.371 e. The van der Waals surface area contributed by atoms with E-state index in [0.717, 1.165) is 7.11 Å². The monoisotopic (exact) mass is 174 g/mol. The van der Waals surface area contributed by atoms with Crippen molar-refractivity contribution in [3.05, 3.63) is 0 Å². The van der Waals surface area contributed by atoms with Gasteiger partial charge < -0.3 is 9.57 Å². The predicted molar refractivity (Wildman–Crippen MR) is 37.0 cm³/mol. The molecule has 0 bridgehead atoms. The lowest BCUT2D eigenvalue weighted by molar-refractivity contribution is -0.132. The molecule has 66 valence electrons. The number of ether oxygens (including phenoxy) is 1. The normalized spacial score (nSPS) is 10.2. The molecule has 0 atom stereocenters. The van der Waals surface area contributed by atoms with Crippen molar-refractivity contribution in [1.82, 2.24) is 0 Å². The van der Waals surface area contributed by atoms with Gasteiger partial charge in [-0.3, -0.25) is 0 Å². The summed E-state index contributed by atoms with van der Waals surface area (Å²) in [6.07, 6.45) is 0. The highest BCUT2D eigenvalue weighted by Crippen LogP contribution is 1.84. The van der Waals surface area contributed by atoms with E-state index in [0.29, 0.717) is 0 Å². The highest BCUT2D eigenvalue weighted by molar-refractivity contribution is 6.42. The summed E-state index contributed by atoms with van der Waals surface area (Å²) in [4.78, 5) is 14.8. The van der Waals surface area contributed by atoms with E-state index in [1.54, 1.807) is 0 Å². The van der Waals surface area contributed by atoms with Gasteiger partial charge in [0.1, 0.15) is 19.4 Å². The lowest BCUT2D eigenvalue weighted by Crippen LogP contribution is -2.14. The maximum absolute atomic E-state index is 11.4. The van der Waals surface area contributed by atoms with Gasteiger partial charge in [-0.1, -0.05) is 5.16 Å². The summed E-state index contributed by atoms with van der Waals surface area (Å²) in [5.41, 5.74) is -0.536. The van der Waals surface area contributed by atoms with E-state index in [1.807, 2.05) is 0 Å². The molecule has 0 rings (SSSR count). The summed E-state index contributed by atoms with van der Waals surface area (Å²) in [6.45, 7) is -1.02. The molecule has 0 amide bonds. The Balaban J connectivity index is 4.07. The van der Waals surface area contributed by atoms with E-state index in [4.69, 9.17) is 5.26 Å². The zero-order chi connectivity index (χ0) is 9.40. The Kier molecular flexibility index (Phi) is 5.26. The molecular formula is C6H7FN2O3. The van der Waals surface area contributed by atoms with Crippen LogP contribution >= 0.6 is 0 Å². The van der Waals surface area contributed by atoms with Crippen LogP contribution in [0.1, 0.15) is 0 Å². The first kappa shape index (κ1) is 10.4. The number of methoxy groups -OCH3 is 1. The molecule has 0 aliphatic carbocycles. The Labute approximate surface area is 68.4 Å². The fourth-order valence-corrected chi connectivity index (χ4v) is 0.345. The maximum Gasteiger partial charge on any atom is 0.371 e. The average Bonchev–Trinajstić information content (AvgIpc) is 2.11. The molecule has 0 spiro atoms. The van der Waals surface area contributed by atoms with Crippen molar-refractivity contribution in [3.63, 3.8) is 0 Å². The first-order chi connectivity index (χ1) is 5.76. The number of esters is 1. The van der Waals surface area contributed by atoms with Crippen LogP contribution < -0.4 is 0 Å². The van der Waals surface area contributed by atoms with Gasteiger partial charge in [0.25, 0.3) is 5.71 Å². The third-order valence-electron chi connectivity index (χ3n) is 0.809. The zero-order valence-electron chi connectivity index (χ0n) is 6.41. The van der Waals surface area contributed by atoms with Crippen LogP contribution in [0.2, 0.25) is 0 Å². The number of hydrogen-bond acceptors (Lipinski definition) is 5. The maximum atomic E-state index is 11.4. The fourth-order valence-electron chi connectivity index (χ4n) is 0.345. The van der Waals surface area contributed by atoms with Crippen LogP contribution in [0.5, 0.6) is 0 Å². The van der Waals surface area contributed by atoms with Gasteiger partial charge in [0.15, 0.2) is 0 Å². The van der Waals surface area contributed by atoms with Gasteiger partial charge in [-0.05, 0) is 0 Å². The van der Waals surface area contributed by atoms with Crippen LogP contribution in [0.25, 0.3) is 0 Å². The summed E-state index contributed by atoms with van der Waals surface area (Å²) >= 11 is 0. The Hall–Kier alpha value is -1.64. The minimum atomic E-state index is -0.906. The largest absolute Gasteiger partial charge is 0.464 e. The minimum absolute atomic E-state index is 0.290. The van der Waals surface area contributed by atoms with Crippen LogP contribution in [0.15, 0.2) is 5.16 Å². The molecule has 0 aromatic heterocycles.